The van der Waals surface area contributed by atoms with Gasteiger partial charge in [-0.3, -0.25) is 4.79 Å². The summed E-state index contributed by atoms with van der Waals surface area (Å²) in [6.45, 7) is 0.209. The van der Waals surface area contributed by atoms with Crippen LogP contribution in [0.1, 0.15) is 15.9 Å². The molecule has 1 heterocycles. The molecular weight excluding hydrogens is 344 g/mol. The Bertz CT molecular complexity index is 922. The molecule has 0 aliphatic carbocycles. The lowest BCUT2D eigenvalue weighted by Crippen LogP contribution is -2.09. The van der Waals surface area contributed by atoms with Crippen molar-refractivity contribution in [1.82, 2.24) is 4.98 Å². The van der Waals surface area contributed by atoms with E-state index in [9.17, 15) is 9.59 Å². The number of aldehydes is 1. The predicted octanol–water partition coefficient (Wildman–Crippen LogP) is 3.64. The fourth-order valence-electron chi connectivity index (χ4n) is 2.53. The first-order valence-corrected chi connectivity index (χ1v) is 8.33. The first-order chi connectivity index (χ1) is 13.1. The highest BCUT2D eigenvalue weighted by Gasteiger charge is 2.03. The van der Waals surface area contributed by atoms with Crippen LogP contribution in [0.5, 0.6) is 5.75 Å². The lowest BCUT2D eigenvalue weighted by molar-refractivity contribution is -0.139. The Balaban J connectivity index is 1.61. The Morgan fingerprint density at radius 3 is 2.52 bits per heavy atom. The topological polar surface area (TPSA) is 88.5 Å². The number of anilines is 1. The summed E-state index contributed by atoms with van der Waals surface area (Å²) in [6, 6.07) is 18.4. The largest absolute Gasteiger partial charge is 0.482 e. The molecule has 0 radical (unpaired) electrons. The number of nitrogens with zero attached hydrogens (tertiary/aromatic N) is 1. The van der Waals surface area contributed by atoms with Crippen molar-refractivity contribution in [3.63, 3.8) is 0 Å². The summed E-state index contributed by atoms with van der Waals surface area (Å²) in [6.07, 6.45) is 2.59. The number of hydrogen-bond acceptors (Lipinski definition) is 5. The van der Waals surface area contributed by atoms with Gasteiger partial charge in [0, 0.05) is 23.9 Å². The van der Waals surface area contributed by atoms with Gasteiger partial charge >= 0.3 is 5.97 Å². The van der Waals surface area contributed by atoms with Crippen LogP contribution in [0, 0.1) is 0 Å². The Morgan fingerprint density at radius 2 is 1.85 bits per heavy atom. The van der Waals surface area contributed by atoms with Gasteiger partial charge in [0.25, 0.3) is 0 Å². The third-order valence-corrected chi connectivity index (χ3v) is 3.87. The monoisotopic (exact) mass is 362 g/mol. The highest BCUT2D eigenvalue weighted by atomic mass is 16.5. The number of pyridine rings is 1. The van der Waals surface area contributed by atoms with E-state index in [0.29, 0.717) is 17.9 Å². The minimum absolute atomic E-state index is 0.364. The molecule has 0 aliphatic rings. The highest BCUT2D eigenvalue weighted by molar-refractivity contribution is 5.75. The van der Waals surface area contributed by atoms with Crippen molar-refractivity contribution in [2.24, 2.45) is 0 Å². The summed E-state index contributed by atoms with van der Waals surface area (Å²) in [5.41, 5.74) is 3.54. The van der Waals surface area contributed by atoms with Crippen molar-refractivity contribution in [2.75, 3.05) is 11.9 Å². The van der Waals surface area contributed by atoms with Crippen LogP contribution in [0.3, 0.4) is 0 Å². The summed E-state index contributed by atoms with van der Waals surface area (Å²) in [5, 5.41) is 11.8. The molecule has 1 aromatic heterocycles. The second-order valence-electron chi connectivity index (χ2n) is 5.86. The predicted molar refractivity (Wildman–Crippen MR) is 102 cm³/mol. The number of hydrogen-bond donors (Lipinski definition) is 2. The van der Waals surface area contributed by atoms with E-state index in [-0.39, 0.29) is 6.61 Å². The van der Waals surface area contributed by atoms with Crippen LogP contribution < -0.4 is 10.1 Å². The minimum Gasteiger partial charge on any atom is -0.482 e. The minimum atomic E-state index is -1.01. The molecule has 0 atom stereocenters. The van der Waals surface area contributed by atoms with Gasteiger partial charge in [0.05, 0.1) is 0 Å². The molecule has 2 N–H and O–H groups in total. The zero-order valence-electron chi connectivity index (χ0n) is 14.5. The number of carboxylic acid groups (broad SMARTS) is 1. The molecule has 0 unspecified atom stereocenters. The Hall–Kier alpha value is -3.67. The van der Waals surface area contributed by atoms with E-state index in [1.807, 2.05) is 42.5 Å². The van der Waals surface area contributed by atoms with Crippen LogP contribution >= 0.6 is 0 Å². The van der Waals surface area contributed by atoms with Gasteiger partial charge in [0.1, 0.15) is 17.9 Å². The summed E-state index contributed by atoms with van der Waals surface area (Å²) in [4.78, 5) is 25.7. The maximum absolute atomic E-state index is 10.8. The molecule has 0 amide bonds. The van der Waals surface area contributed by atoms with Crippen LogP contribution in [-0.2, 0) is 11.3 Å². The van der Waals surface area contributed by atoms with Crippen molar-refractivity contribution in [3.8, 4) is 16.9 Å². The number of aliphatic carboxylic acids is 1. The molecule has 0 bridgehead atoms. The second kappa shape index (κ2) is 8.62. The lowest BCUT2D eigenvalue weighted by Gasteiger charge is -2.08. The normalized spacial score (nSPS) is 10.2. The van der Waals surface area contributed by atoms with Gasteiger partial charge in [-0.1, -0.05) is 30.3 Å². The zero-order valence-corrected chi connectivity index (χ0v) is 14.5. The first-order valence-electron chi connectivity index (χ1n) is 8.33. The van der Waals surface area contributed by atoms with Crippen molar-refractivity contribution >= 4 is 18.1 Å². The lowest BCUT2D eigenvalue weighted by atomic mass is 10.1. The van der Waals surface area contributed by atoms with Gasteiger partial charge in [0.2, 0.25) is 0 Å². The van der Waals surface area contributed by atoms with Crippen LogP contribution in [0.2, 0.25) is 0 Å². The van der Waals surface area contributed by atoms with Gasteiger partial charge < -0.3 is 15.2 Å². The van der Waals surface area contributed by atoms with Crippen LogP contribution in [0.25, 0.3) is 11.1 Å². The number of aromatic nitrogens is 1. The molecule has 6 heteroatoms. The number of benzene rings is 2. The van der Waals surface area contributed by atoms with E-state index >= 15 is 0 Å². The van der Waals surface area contributed by atoms with E-state index in [2.05, 4.69) is 10.3 Å². The number of nitrogens with one attached hydrogen (secondary N) is 1. The van der Waals surface area contributed by atoms with Gasteiger partial charge in [-0.15, -0.1) is 0 Å². The third kappa shape index (κ3) is 5.15. The van der Waals surface area contributed by atoms with Crippen molar-refractivity contribution < 1.29 is 19.4 Å². The van der Waals surface area contributed by atoms with E-state index < -0.39 is 5.97 Å². The number of ether oxygens (including phenoxy) is 1. The number of rotatable bonds is 8. The van der Waals surface area contributed by atoms with E-state index in [1.54, 1.807) is 24.4 Å². The van der Waals surface area contributed by atoms with Crippen molar-refractivity contribution in [1.29, 1.82) is 0 Å². The van der Waals surface area contributed by atoms with Gasteiger partial charge in [-0.25, -0.2) is 9.78 Å². The Labute approximate surface area is 156 Å². The van der Waals surface area contributed by atoms with Crippen LogP contribution in [-0.4, -0.2) is 29.0 Å². The number of carbonyl (C=O) groups excluding carboxylic acids is 1. The molecule has 0 aliphatic heterocycles. The molecule has 0 saturated carbocycles. The fourth-order valence-corrected chi connectivity index (χ4v) is 2.53. The van der Waals surface area contributed by atoms with Crippen molar-refractivity contribution in [2.45, 2.75) is 6.54 Å². The average Bonchev–Trinajstić information content (AvgIpc) is 2.71. The standard InChI is InChI=1S/C21H18N2O4/c24-13-16-3-1-2-15(10-16)11-22-20-9-6-18(12-23-20)17-4-7-19(8-5-17)27-14-21(25)26/h1-10,12-13H,11,14H2,(H,22,23)(H,25,26). The Kier molecular flexibility index (Phi) is 5.79. The molecule has 0 spiro atoms. The second-order valence-corrected chi connectivity index (χ2v) is 5.86. The maximum Gasteiger partial charge on any atom is 0.341 e. The van der Waals surface area contributed by atoms with Gasteiger partial charge in [0.15, 0.2) is 6.61 Å². The average molecular weight is 362 g/mol. The molecule has 6 nitrogen and oxygen atoms in total. The SMILES string of the molecule is O=Cc1cccc(CNc2ccc(-c3ccc(OCC(=O)O)cc3)cn2)c1. The number of carbonyl (C=O) groups is 2. The Morgan fingerprint density at radius 1 is 1.07 bits per heavy atom. The molecule has 0 fully saturated rings. The quantitative estimate of drug-likeness (QED) is 0.595. The van der Waals surface area contributed by atoms with Gasteiger partial charge in [-0.05, 0) is 41.5 Å². The summed E-state index contributed by atoms with van der Waals surface area (Å²) in [5.74, 6) is 0.228. The molecule has 27 heavy (non-hydrogen) atoms. The molecule has 2 aromatic carbocycles. The van der Waals surface area contributed by atoms with E-state index in [0.717, 1.165) is 28.8 Å². The molecule has 136 valence electrons. The smallest absolute Gasteiger partial charge is 0.341 e. The fraction of sp³-hybridized carbons (Fsp3) is 0.0952. The van der Waals surface area contributed by atoms with E-state index in [1.165, 1.54) is 0 Å². The van der Waals surface area contributed by atoms with Crippen molar-refractivity contribution in [3.05, 3.63) is 78.0 Å². The van der Waals surface area contributed by atoms with Crippen LogP contribution in [0.15, 0.2) is 66.9 Å². The molecular formula is C21H18N2O4. The number of carboxylic acids is 1. The zero-order chi connectivity index (χ0) is 19.1. The van der Waals surface area contributed by atoms with E-state index in [4.69, 9.17) is 9.84 Å². The maximum atomic E-state index is 10.8. The third-order valence-electron chi connectivity index (χ3n) is 3.87. The molecule has 3 rings (SSSR count). The summed E-state index contributed by atoms with van der Waals surface area (Å²) in [7, 11) is 0. The first kappa shape index (κ1) is 18.1. The summed E-state index contributed by atoms with van der Waals surface area (Å²) >= 11 is 0. The molecule has 3 aromatic rings. The summed E-state index contributed by atoms with van der Waals surface area (Å²) < 4.78 is 5.12. The molecule has 0 saturated heterocycles. The highest BCUT2D eigenvalue weighted by Crippen LogP contribution is 2.23. The van der Waals surface area contributed by atoms with Gasteiger partial charge in [-0.2, -0.15) is 0 Å². The van der Waals surface area contributed by atoms with Crippen LogP contribution in [0.4, 0.5) is 5.82 Å².